The molecule has 2 fully saturated rings. The van der Waals surface area contributed by atoms with Crippen molar-refractivity contribution in [2.45, 2.75) is 76.9 Å². The van der Waals surface area contributed by atoms with Gasteiger partial charge in [-0.05, 0) is 49.9 Å². The lowest BCUT2D eigenvalue weighted by molar-refractivity contribution is -0.0583. The maximum atomic E-state index is 9.04. The van der Waals surface area contributed by atoms with Crippen LogP contribution in [0, 0.1) is 17.8 Å². The lowest BCUT2D eigenvalue weighted by atomic mass is 9.72. The van der Waals surface area contributed by atoms with Crippen LogP contribution in [0.15, 0.2) is 0 Å². The Morgan fingerprint density at radius 3 is 2.09 bits per heavy atom. The molecule has 0 amide bonds. The summed E-state index contributed by atoms with van der Waals surface area (Å²) in [4.78, 5) is 0. The normalized spacial score (nSPS) is 33.5. The third-order valence-electron chi connectivity index (χ3n) is 5.84. The second kappa shape index (κ2) is 10.7. The van der Waals surface area contributed by atoms with Gasteiger partial charge in [-0.1, -0.05) is 32.6 Å². The van der Waals surface area contributed by atoms with Crippen molar-refractivity contribution < 1.29 is 19.7 Å². The number of hydrogen-bond acceptors (Lipinski definition) is 4. The minimum Gasteiger partial charge on any atom is -0.394 e. The molecule has 2 rings (SSSR count). The summed E-state index contributed by atoms with van der Waals surface area (Å²) in [6, 6.07) is 0. The number of aliphatic hydroxyl groups excluding tert-OH is 2. The van der Waals surface area contributed by atoms with Crippen molar-refractivity contribution in [1.29, 1.82) is 0 Å². The van der Waals surface area contributed by atoms with Crippen LogP contribution in [0.3, 0.4) is 0 Å². The molecule has 0 aromatic heterocycles. The highest BCUT2D eigenvalue weighted by Crippen LogP contribution is 2.39. The highest BCUT2D eigenvalue weighted by atomic mass is 16.5. The highest BCUT2D eigenvalue weighted by Gasteiger charge is 2.34. The third kappa shape index (κ3) is 6.00. The first-order valence-electron chi connectivity index (χ1n) is 9.71. The van der Waals surface area contributed by atoms with Crippen molar-refractivity contribution in [2.75, 3.05) is 26.4 Å². The van der Waals surface area contributed by atoms with E-state index in [4.69, 9.17) is 19.7 Å². The topological polar surface area (TPSA) is 58.9 Å². The van der Waals surface area contributed by atoms with Gasteiger partial charge < -0.3 is 19.7 Å². The summed E-state index contributed by atoms with van der Waals surface area (Å²) >= 11 is 0. The van der Waals surface area contributed by atoms with Gasteiger partial charge in [-0.25, -0.2) is 0 Å². The van der Waals surface area contributed by atoms with Gasteiger partial charge in [0.15, 0.2) is 0 Å². The molecule has 2 aliphatic carbocycles. The summed E-state index contributed by atoms with van der Waals surface area (Å²) in [6.07, 6.45) is 11.8. The average molecular weight is 328 g/mol. The molecule has 4 nitrogen and oxygen atoms in total. The van der Waals surface area contributed by atoms with Crippen LogP contribution in [0.2, 0.25) is 0 Å². The van der Waals surface area contributed by atoms with Crippen molar-refractivity contribution in [3.63, 3.8) is 0 Å². The number of rotatable bonds is 9. The van der Waals surface area contributed by atoms with Crippen LogP contribution >= 0.6 is 0 Å². The molecular formula is C19H36O4. The molecule has 0 aromatic rings. The molecule has 0 spiro atoms. The molecule has 5 unspecified atom stereocenters. The van der Waals surface area contributed by atoms with Gasteiger partial charge in [-0.2, -0.15) is 0 Å². The fourth-order valence-corrected chi connectivity index (χ4v) is 4.71. The van der Waals surface area contributed by atoms with E-state index in [9.17, 15) is 0 Å². The molecule has 2 N–H and O–H groups in total. The standard InChI is InChI=1S/C19H36O4/c1-15(17-7-3-5-9-19(17)23-13-11-21)14-16-6-2-4-8-18(16)22-12-10-20/h15-21H,2-14H2,1H3. The Hall–Kier alpha value is -0.160. The van der Waals surface area contributed by atoms with Gasteiger partial charge in [-0.3, -0.25) is 0 Å². The van der Waals surface area contributed by atoms with Crippen LogP contribution in [0.4, 0.5) is 0 Å². The number of ether oxygens (including phenoxy) is 2. The number of hydrogen-bond donors (Lipinski definition) is 2. The lowest BCUT2D eigenvalue weighted by Crippen LogP contribution is -2.36. The summed E-state index contributed by atoms with van der Waals surface area (Å²) < 4.78 is 11.8. The fourth-order valence-electron chi connectivity index (χ4n) is 4.71. The lowest BCUT2D eigenvalue weighted by Gasteiger charge is -2.39. The fraction of sp³-hybridized carbons (Fsp3) is 1.00. The van der Waals surface area contributed by atoms with Crippen LogP contribution < -0.4 is 0 Å². The molecule has 0 heterocycles. The summed E-state index contributed by atoms with van der Waals surface area (Å²) in [5.74, 6) is 1.89. The summed E-state index contributed by atoms with van der Waals surface area (Å²) in [5.41, 5.74) is 0. The Balaban J connectivity index is 1.87. The van der Waals surface area contributed by atoms with Crippen LogP contribution in [-0.2, 0) is 9.47 Å². The Kier molecular flexibility index (Phi) is 8.88. The minimum absolute atomic E-state index is 0.122. The van der Waals surface area contributed by atoms with Crippen molar-refractivity contribution >= 4 is 0 Å². The Bertz CT molecular complexity index is 310. The minimum atomic E-state index is 0.122. The Labute approximate surface area is 141 Å². The predicted molar refractivity (Wildman–Crippen MR) is 91.3 cm³/mol. The first-order chi connectivity index (χ1) is 11.3. The van der Waals surface area contributed by atoms with Gasteiger partial charge >= 0.3 is 0 Å². The summed E-state index contributed by atoms with van der Waals surface area (Å²) in [6.45, 7) is 3.57. The van der Waals surface area contributed by atoms with E-state index in [1.165, 1.54) is 44.9 Å². The predicted octanol–water partition coefficient (Wildman–Crippen LogP) is 3.15. The summed E-state index contributed by atoms with van der Waals surface area (Å²) in [5, 5.41) is 18.1. The van der Waals surface area contributed by atoms with E-state index >= 15 is 0 Å². The molecule has 5 atom stereocenters. The third-order valence-corrected chi connectivity index (χ3v) is 5.84. The van der Waals surface area contributed by atoms with Crippen molar-refractivity contribution in [1.82, 2.24) is 0 Å². The Morgan fingerprint density at radius 1 is 0.826 bits per heavy atom. The van der Waals surface area contributed by atoms with E-state index in [-0.39, 0.29) is 13.2 Å². The zero-order valence-corrected chi connectivity index (χ0v) is 14.8. The van der Waals surface area contributed by atoms with Crippen LogP contribution in [0.25, 0.3) is 0 Å². The molecule has 23 heavy (non-hydrogen) atoms. The highest BCUT2D eigenvalue weighted by molar-refractivity contribution is 4.84. The van der Waals surface area contributed by atoms with Crippen LogP contribution in [0.5, 0.6) is 0 Å². The van der Waals surface area contributed by atoms with Gasteiger partial charge in [0.1, 0.15) is 0 Å². The van der Waals surface area contributed by atoms with E-state index in [1.807, 2.05) is 0 Å². The van der Waals surface area contributed by atoms with E-state index in [1.54, 1.807) is 0 Å². The molecule has 0 saturated heterocycles. The average Bonchev–Trinajstić information content (AvgIpc) is 2.59. The molecule has 2 aliphatic rings. The van der Waals surface area contributed by atoms with Gasteiger partial charge in [0, 0.05) is 0 Å². The van der Waals surface area contributed by atoms with Gasteiger partial charge in [0.2, 0.25) is 0 Å². The van der Waals surface area contributed by atoms with E-state index in [0.717, 1.165) is 12.8 Å². The van der Waals surface area contributed by atoms with Crippen LogP contribution in [0.1, 0.15) is 64.7 Å². The zero-order chi connectivity index (χ0) is 16.5. The zero-order valence-electron chi connectivity index (χ0n) is 14.8. The molecule has 0 radical (unpaired) electrons. The molecule has 0 aromatic carbocycles. The largest absolute Gasteiger partial charge is 0.394 e. The number of aliphatic hydroxyl groups is 2. The van der Waals surface area contributed by atoms with Crippen molar-refractivity contribution in [2.24, 2.45) is 17.8 Å². The van der Waals surface area contributed by atoms with Crippen LogP contribution in [-0.4, -0.2) is 48.8 Å². The van der Waals surface area contributed by atoms with Crippen molar-refractivity contribution in [3.05, 3.63) is 0 Å². The smallest absolute Gasteiger partial charge is 0.0701 e. The van der Waals surface area contributed by atoms with E-state index in [0.29, 0.717) is 43.2 Å². The van der Waals surface area contributed by atoms with E-state index in [2.05, 4.69) is 6.92 Å². The molecule has 4 heteroatoms. The van der Waals surface area contributed by atoms with Gasteiger partial charge in [-0.15, -0.1) is 0 Å². The second-order valence-electron chi connectivity index (χ2n) is 7.47. The Morgan fingerprint density at radius 2 is 1.39 bits per heavy atom. The monoisotopic (exact) mass is 328 g/mol. The van der Waals surface area contributed by atoms with E-state index < -0.39 is 0 Å². The molecule has 0 bridgehead atoms. The first-order valence-corrected chi connectivity index (χ1v) is 9.71. The van der Waals surface area contributed by atoms with Gasteiger partial charge in [0.05, 0.1) is 38.6 Å². The molecular weight excluding hydrogens is 292 g/mol. The maximum Gasteiger partial charge on any atom is 0.0701 e. The first kappa shape index (κ1) is 19.2. The summed E-state index contributed by atoms with van der Waals surface area (Å²) in [7, 11) is 0. The van der Waals surface area contributed by atoms with Gasteiger partial charge in [0.25, 0.3) is 0 Å². The molecule has 136 valence electrons. The SMILES string of the molecule is CC(CC1CCCCC1OCCO)C1CCCCC1OCCO. The molecule has 2 saturated carbocycles. The van der Waals surface area contributed by atoms with Crippen molar-refractivity contribution in [3.8, 4) is 0 Å². The quantitative estimate of drug-likeness (QED) is 0.682. The maximum absolute atomic E-state index is 9.04. The molecule has 0 aliphatic heterocycles. The second-order valence-corrected chi connectivity index (χ2v) is 7.47.